The molecule has 7 heteroatoms. The van der Waals surface area contributed by atoms with Gasteiger partial charge in [-0.05, 0) is 42.3 Å². The average molecular weight is 344 g/mol. The summed E-state index contributed by atoms with van der Waals surface area (Å²) in [5.41, 5.74) is 1.95. The molecule has 0 aliphatic carbocycles. The minimum Gasteiger partial charge on any atom is -0.465 e. The zero-order chi connectivity index (χ0) is 18.2. The summed E-state index contributed by atoms with van der Waals surface area (Å²) in [7, 11) is 0. The predicted molar refractivity (Wildman–Crippen MR) is 89.9 cm³/mol. The first kappa shape index (κ1) is 18.1. The van der Waals surface area contributed by atoms with Gasteiger partial charge in [0.15, 0.2) is 0 Å². The molecule has 2 aromatic rings. The highest BCUT2D eigenvalue weighted by Gasteiger charge is 2.10. The van der Waals surface area contributed by atoms with E-state index in [-0.39, 0.29) is 24.6 Å². The Bertz CT molecular complexity index is 788. The summed E-state index contributed by atoms with van der Waals surface area (Å²) in [5, 5.41) is 14.8. The molecular weight excluding hydrogens is 327 g/mol. The second-order valence-electron chi connectivity index (χ2n) is 5.21. The Morgan fingerprint density at radius 1 is 1.12 bits per heavy atom. The van der Waals surface area contributed by atoms with Gasteiger partial charge in [0.2, 0.25) is 5.78 Å². The van der Waals surface area contributed by atoms with Crippen molar-refractivity contribution < 1.29 is 23.9 Å². The number of nitrogens with zero attached hydrogens (tertiary/aromatic N) is 1. The normalized spacial score (nSPS) is 11.0. The number of rotatable bonds is 7. The van der Waals surface area contributed by atoms with Gasteiger partial charge in [-0.15, -0.1) is 0 Å². The lowest BCUT2D eigenvalue weighted by Crippen LogP contribution is -2.20. The Morgan fingerprint density at radius 2 is 1.76 bits per heavy atom. The standard InChI is InChI=1S/C18H17FN2O4/c1-12(17(22)13-6-8-16(19)9-7-13)21-25-11-15-5-3-2-4-14(15)10-20-18(23)24/h2-9,20H,10-11H2,1H3,(H,23,24). The van der Waals surface area contributed by atoms with Crippen LogP contribution in [0.2, 0.25) is 0 Å². The molecule has 130 valence electrons. The molecule has 0 aliphatic rings. The number of ketones is 1. The molecule has 0 radical (unpaired) electrons. The van der Waals surface area contributed by atoms with E-state index in [1.54, 1.807) is 24.3 Å². The number of oxime groups is 1. The first-order valence-electron chi connectivity index (χ1n) is 7.48. The van der Waals surface area contributed by atoms with Crippen LogP contribution < -0.4 is 5.32 Å². The number of amides is 1. The molecule has 0 bridgehead atoms. The zero-order valence-corrected chi connectivity index (χ0v) is 13.5. The lowest BCUT2D eigenvalue weighted by molar-refractivity contribution is 0.103. The van der Waals surface area contributed by atoms with Gasteiger partial charge in [-0.25, -0.2) is 9.18 Å². The average Bonchev–Trinajstić information content (AvgIpc) is 2.60. The molecule has 0 saturated carbocycles. The van der Waals surface area contributed by atoms with E-state index < -0.39 is 11.9 Å². The minimum absolute atomic E-state index is 0.0888. The van der Waals surface area contributed by atoms with E-state index in [1.807, 2.05) is 0 Å². The summed E-state index contributed by atoms with van der Waals surface area (Å²) >= 11 is 0. The van der Waals surface area contributed by atoms with Crippen LogP contribution in [0.3, 0.4) is 0 Å². The van der Waals surface area contributed by atoms with E-state index in [0.29, 0.717) is 5.56 Å². The van der Waals surface area contributed by atoms with E-state index in [1.165, 1.54) is 31.2 Å². The molecule has 0 fully saturated rings. The van der Waals surface area contributed by atoms with Crippen molar-refractivity contribution in [1.29, 1.82) is 0 Å². The van der Waals surface area contributed by atoms with Crippen LogP contribution >= 0.6 is 0 Å². The Hall–Kier alpha value is -3.22. The second-order valence-corrected chi connectivity index (χ2v) is 5.21. The van der Waals surface area contributed by atoms with E-state index in [0.717, 1.165) is 11.1 Å². The molecule has 0 aliphatic heterocycles. The van der Waals surface area contributed by atoms with Gasteiger partial charge in [0.1, 0.15) is 18.1 Å². The van der Waals surface area contributed by atoms with Gasteiger partial charge in [0, 0.05) is 12.1 Å². The van der Waals surface area contributed by atoms with E-state index in [4.69, 9.17) is 9.94 Å². The summed E-state index contributed by atoms with van der Waals surface area (Å²) in [4.78, 5) is 27.9. The minimum atomic E-state index is -1.12. The number of nitrogens with one attached hydrogen (secondary N) is 1. The smallest absolute Gasteiger partial charge is 0.404 e. The third kappa shape index (κ3) is 5.42. The third-order valence-electron chi connectivity index (χ3n) is 3.41. The van der Waals surface area contributed by atoms with Crippen LogP contribution in [0.25, 0.3) is 0 Å². The monoisotopic (exact) mass is 344 g/mol. The van der Waals surface area contributed by atoms with Gasteiger partial charge in [0.25, 0.3) is 0 Å². The number of carbonyl (C=O) groups is 2. The van der Waals surface area contributed by atoms with Crippen LogP contribution in [0.5, 0.6) is 0 Å². The van der Waals surface area contributed by atoms with Crippen molar-refractivity contribution in [2.24, 2.45) is 5.16 Å². The number of hydrogen-bond acceptors (Lipinski definition) is 4. The molecule has 2 rings (SSSR count). The summed E-state index contributed by atoms with van der Waals surface area (Å²) < 4.78 is 12.9. The summed E-state index contributed by atoms with van der Waals surface area (Å²) in [6, 6.07) is 12.3. The number of benzene rings is 2. The summed E-state index contributed by atoms with van der Waals surface area (Å²) in [5.74, 6) is -0.783. The Morgan fingerprint density at radius 3 is 2.40 bits per heavy atom. The lowest BCUT2D eigenvalue weighted by atomic mass is 10.1. The van der Waals surface area contributed by atoms with Gasteiger partial charge in [-0.2, -0.15) is 0 Å². The molecule has 2 aromatic carbocycles. The van der Waals surface area contributed by atoms with Gasteiger partial charge in [-0.3, -0.25) is 4.79 Å². The maximum Gasteiger partial charge on any atom is 0.404 e. The van der Waals surface area contributed by atoms with Crippen molar-refractivity contribution in [2.45, 2.75) is 20.1 Å². The Labute approximate surface area is 143 Å². The number of carboxylic acid groups (broad SMARTS) is 1. The summed E-state index contributed by atoms with van der Waals surface area (Å²) in [6.45, 7) is 1.74. The molecule has 0 atom stereocenters. The van der Waals surface area contributed by atoms with Gasteiger partial charge >= 0.3 is 6.09 Å². The van der Waals surface area contributed by atoms with Crippen molar-refractivity contribution in [2.75, 3.05) is 0 Å². The van der Waals surface area contributed by atoms with Crippen molar-refractivity contribution in [1.82, 2.24) is 5.32 Å². The molecular formula is C18H17FN2O4. The largest absolute Gasteiger partial charge is 0.465 e. The topological polar surface area (TPSA) is 88.0 Å². The first-order valence-corrected chi connectivity index (χ1v) is 7.48. The fourth-order valence-corrected chi connectivity index (χ4v) is 2.09. The van der Waals surface area contributed by atoms with Crippen molar-refractivity contribution in [3.05, 3.63) is 71.0 Å². The number of halogens is 1. The number of carbonyl (C=O) groups excluding carboxylic acids is 1. The molecule has 0 unspecified atom stereocenters. The van der Waals surface area contributed by atoms with Crippen molar-refractivity contribution in [3.8, 4) is 0 Å². The quantitative estimate of drug-likeness (QED) is 0.458. The van der Waals surface area contributed by atoms with Crippen LogP contribution in [-0.4, -0.2) is 22.7 Å². The maximum absolute atomic E-state index is 12.9. The highest BCUT2D eigenvalue weighted by Crippen LogP contribution is 2.11. The Kier molecular flexibility index (Phi) is 6.22. The van der Waals surface area contributed by atoms with E-state index in [9.17, 15) is 14.0 Å². The molecule has 25 heavy (non-hydrogen) atoms. The molecule has 6 nitrogen and oxygen atoms in total. The molecule has 2 N–H and O–H groups in total. The van der Waals surface area contributed by atoms with Crippen LogP contribution in [-0.2, 0) is 18.0 Å². The van der Waals surface area contributed by atoms with Crippen molar-refractivity contribution >= 4 is 17.6 Å². The fraction of sp³-hybridized carbons (Fsp3) is 0.167. The predicted octanol–water partition coefficient (Wildman–Crippen LogP) is 3.37. The molecule has 0 heterocycles. The van der Waals surface area contributed by atoms with Gasteiger partial charge in [0.05, 0.1) is 0 Å². The fourth-order valence-electron chi connectivity index (χ4n) is 2.09. The lowest BCUT2D eigenvalue weighted by Gasteiger charge is -2.08. The maximum atomic E-state index is 12.9. The number of Topliss-reactive ketones (excluding diaryl/α,β-unsaturated/α-hetero) is 1. The van der Waals surface area contributed by atoms with Crippen LogP contribution in [0.4, 0.5) is 9.18 Å². The van der Waals surface area contributed by atoms with Crippen LogP contribution in [0, 0.1) is 5.82 Å². The third-order valence-corrected chi connectivity index (χ3v) is 3.41. The molecule has 0 aromatic heterocycles. The van der Waals surface area contributed by atoms with Gasteiger partial charge < -0.3 is 15.3 Å². The first-order chi connectivity index (χ1) is 12.0. The molecule has 0 saturated heterocycles. The van der Waals surface area contributed by atoms with Gasteiger partial charge in [-0.1, -0.05) is 29.4 Å². The molecule has 0 spiro atoms. The van der Waals surface area contributed by atoms with Crippen LogP contribution in [0.15, 0.2) is 53.7 Å². The highest BCUT2D eigenvalue weighted by atomic mass is 19.1. The Balaban J connectivity index is 1.99. The van der Waals surface area contributed by atoms with Crippen molar-refractivity contribution in [3.63, 3.8) is 0 Å². The zero-order valence-electron chi connectivity index (χ0n) is 13.5. The van der Waals surface area contributed by atoms with E-state index in [2.05, 4.69) is 10.5 Å². The SMILES string of the molecule is CC(=NOCc1ccccc1CNC(=O)O)C(=O)c1ccc(F)cc1. The second kappa shape index (κ2) is 8.58. The summed E-state index contributed by atoms with van der Waals surface area (Å²) in [6.07, 6.45) is -1.12. The van der Waals surface area contributed by atoms with E-state index >= 15 is 0 Å². The molecule has 1 amide bonds. The van der Waals surface area contributed by atoms with Crippen LogP contribution in [0.1, 0.15) is 28.4 Å². The highest BCUT2D eigenvalue weighted by molar-refractivity contribution is 6.45. The number of hydrogen-bond donors (Lipinski definition) is 2.